The first-order valence-electron chi connectivity index (χ1n) is 8.50. The van der Waals surface area contributed by atoms with E-state index >= 15 is 0 Å². The Labute approximate surface area is 156 Å². The van der Waals surface area contributed by atoms with Crippen molar-refractivity contribution in [2.24, 2.45) is 0 Å². The number of benzene rings is 1. The van der Waals surface area contributed by atoms with E-state index in [4.69, 9.17) is 0 Å². The summed E-state index contributed by atoms with van der Waals surface area (Å²) in [5.74, 6) is -0.498. The Morgan fingerprint density at radius 1 is 1.19 bits per heavy atom. The van der Waals surface area contributed by atoms with Crippen molar-refractivity contribution in [2.75, 3.05) is 26.7 Å². The summed E-state index contributed by atoms with van der Waals surface area (Å²) >= 11 is 0. The maximum Gasteiger partial charge on any atom is 0.422 e. The average molecular weight is 381 g/mol. The van der Waals surface area contributed by atoms with Gasteiger partial charge in [0, 0.05) is 25.4 Å². The molecule has 0 aliphatic carbocycles. The summed E-state index contributed by atoms with van der Waals surface area (Å²) in [6, 6.07) is 12.7. The second-order valence-corrected chi connectivity index (χ2v) is 6.12. The summed E-state index contributed by atoms with van der Waals surface area (Å²) in [7, 11) is 2.01. The number of aromatic nitrogens is 1. The van der Waals surface area contributed by atoms with Gasteiger partial charge in [-0.15, -0.1) is 0 Å². The number of hydrogen-bond acceptors (Lipinski definition) is 4. The third kappa shape index (κ3) is 8.08. The lowest BCUT2D eigenvalue weighted by molar-refractivity contribution is -0.154. The molecule has 2 rings (SSSR count). The number of nitrogens with one attached hydrogen (secondary N) is 1. The van der Waals surface area contributed by atoms with Crippen LogP contribution in [0.1, 0.15) is 22.3 Å². The number of hydrogen-bond donors (Lipinski definition) is 1. The van der Waals surface area contributed by atoms with Gasteiger partial charge in [0.1, 0.15) is 0 Å². The van der Waals surface area contributed by atoms with Gasteiger partial charge >= 0.3 is 6.18 Å². The van der Waals surface area contributed by atoms with Crippen molar-refractivity contribution in [2.45, 2.75) is 19.1 Å². The lowest BCUT2D eigenvalue weighted by Gasteiger charge is -2.16. The van der Waals surface area contributed by atoms with E-state index in [9.17, 15) is 18.0 Å². The summed E-state index contributed by atoms with van der Waals surface area (Å²) in [6.45, 7) is 0.724. The minimum absolute atomic E-state index is 0.175. The monoisotopic (exact) mass is 381 g/mol. The molecule has 0 unspecified atom stereocenters. The van der Waals surface area contributed by atoms with Crippen LogP contribution in [0.2, 0.25) is 0 Å². The molecule has 0 atom stereocenters. The topological polar surface area (TPSA) is 54.5 Å². The van der Waals surface area contributed by atoms with Crippen LogP contribution in [-0.4, -0.2) is 48.7 Å². The van der Waals surface area contributed by atoms with Crippen molar-refractivity contribution in [3.05, 3.63) is 59.8 Å². The summed E-state index contributed by atoms with van der Waals surface area (Å²) in [4.78, 5) is 17.9. The van der Waals surface area contributed by atoms with Crippen molar-refractivity contribution < 1.29 is 22.7 Å². The molecule has 2 aromatic rings. The quantitative estimate of drug-likeness (QED) is 0.678. The van der Waals surface area contributed by atoms with E-state index in [1.807, 2.05) is 25.2 Å². The predicted octanol–water partition coefficient (Wildman–Crippen LogP) is 3.27. The first-order chi connectivity index (χ1) is 12.8. The van der Waals surface area contributed by atoms with Crippen LogP contribution in [0.3, 0.4) is 0 Å². The van der Waals surface area contributed by atoms with Gasteiger partial charge in [0.25, 0.3) is 5.91 Å². The van der Waals surface area contributed by atoms with E-state index < -0.39 is 12.8 Å². The van der Waals surface area contributed by atoms with Crippen LogP contribution in [0, 0.1) is 0 Å². The Balaban J connectivity index is 1.68. The van der Waals surface area contributed by atoms with Crippen LogP contribution in [0.5, 0.6) is 5.88 Å². The summed E-state index contributed by atoms with van der Waals surface area (Å²) in [5.41, 5.74) is 1.50. The highest BCUT2D eigenvalue weighted by Gasteiger charge is 2.28. The number of ether oxygens (including phenoxy) is 1. The predicted molar refractivity (Wildman–Crippen MR) is 95.5 cm³/mol. The van der Waals surface area contributed by atoms with Crippen LogP contribution in [-0.2, 0) is 6.54 Å². The van der Waals surface area contributed by atoms with Gasteiger partial charge in [-0.1, -0.05) is 30.3 Å². The van der Waals surface area contributed by atoms with Gasteiger partial charge in [0.2, 0.25) is 5.88 Å². The normalized spacial score (nSPS) is 11.4. The maximum absolute atomic E-state index is 12.1. The van der Waals surface area contributed by atoms with Crippen molar-refractivity contribution in [3.8, 4) is 5.88 Å². The number of halogens is 3. The number of alkyl halides is 3. The third-order valence-electron chi connectivity index (χ3n) is 3.68. The second-order valence-electron chi connectivity index (χ2n) is 6.12. The number of rotatable bonds is 9. The molecule has 1 N–H and O–H groups in total. The standard InChI is InChI=1S/C19H22F3N3O2/c1-25(13-15-6-3-2-4-7-15)11-5-10-23-18(26)16-8-9-17(24-12-16)27-14-19(20,21)22/h2-4,6-9,12H,5,10-11,13-14H2,1H3,(H,23,26). The summed E-state index contributed by atoms with van der Waals surface area (Å²) in [5, 5.41) is 2.77. The largest absolute Gasteiger partial charge is 0.468 e. The fourth-order valence-electron chi connectivity index (χ4n) is 2.38. The molecular weight excluding hydrogens is 359 g/mol. The average Bonchev–Trinajstić information content (AvgIpc) is 2.64. The number of carbonyl (C=O) groups excluding carboxylic acids is 1. The first kappa shape index (κ1) is 20.7. The number of pyridine rings is 1. The third-order valence-corrected chi connectivity index (χ3v) is 3.68. The van der Waals surface area contributed by atoms with Crippen LogP contribution >= 0.6 is 0 Å². The maximum atomic E-state index is 12.1. The second kappa shape index (κ2) is 9.91. The minimum atomic E-state index is -4.43. The molecule has 5 nitrogen and oxygen atoms in total. The zero-order valence-electron chi connectivity index (χ0n) is 15.0. The number of carbonyl (C=O) groups is 1. The SMILES string of the molecule is CN(CCCNC(=O)c1ccc(OCC(F)(F)F)nc1)Cc1ccccc1. The Bertz CT molecular complexity index is 706. The molecule has 146 valence electrons. The lowest BCUT2D eigenvalue weighted by Crippen LogP contribution is -2.28. The highest BCUT2D eigenvalue weighted by Crippen LogP contribution is 2.17. The van der Waals surface area contributed by atoms with Crippen molar-refractivity contribution in [1.82, 2.24) is 15.2 Å². The molecule has 1 amide bonds. The zero-order chi connectivity index (χ0) is 19.7. The molecule has 0 bridgehead atoms. The van der Waals surface area contributed by atoms with Crippen molar-refractivity contribution in [1.29, 1.82) is 0 Å². The fourth-order valence-corrected chi connectivity index (χ4v) is 2.38. The van der Waals surface area contributed by atoms with Crippen LogP contribution in [0.15, 0.2) is 48.7 Å². The van der Waals surface area contributed by atoms with E-state index in [1.165, 1.54) is 23.9 Å². The Morgan fingerprint density at radius 3 is 2.56 bits per heavy atom. The van der Waals surface area contributed by atoms with Gasteiger partial charge in [0.15, 0.2) is 6.61 Å². The van der Waals surface area contributed by atoms with Crippen molar-refractivity contribution >= 4 is 5.91 Å². The minimum Gasteiger partial charge on any atom is -0.468 e. The van der Waals surface area contributed by atoms with Crippen molar-refractivity contribution in [3.63, 3.8) is 0 Å². The van der Waals surface area contributed by atoms with Gasteiger partial charge in [0.05, 0.1) is 5.56 Å². The first-order valence-corrected chi connectivity index (χ1v) is 8.50. The molecule has 1 aromatic heterocycles. The highest BCUT2D eigenvalue weighted by atomic mass is 19.4. The Morgan fingerprint density at radius 2 is 1.93 bits per heavy atom. The molecular formula is C19H22F3N3O2. The molecule has 27 heavy (non-hydrogen) atoms. The molecule has 0 spiro atoms. The zero-order valence-corrected chi connectivity index (χ0v) is 15.0. The van der Waals surface area contributed by atoms with E-state index in [0.717, 1.165) is 19.5 Å². The Kier molecular flexibility index (Phi) is 7.60. The van der Waals surface area contributed by atoms with Crippen LogP contribution in [0.25, 0.3) is 0 Å². The van der Waals surface area contributed by atoms with Gasteiger partial charge in [-0.3, -0.25) is 4.79 Å². The molecule has 0 aliphatic rings. The van der Waals surface area contributed by atoms with Crippen LogP contribution < -0.4 is 10.1 Å². The summed E-state index contributed by atoms with van der Waals surface area (Å²) in [6.07, 6.45) is -2.46. The van der Waals surface area contributed by atoms with E-state index in [-0.39, 0.29) is 17.4 Å². The van der Waals surface area contributed by atoms with Gasteiger partial charge in [-0.25, -0.2) is 4.98 Å². The Hall–Kier alpha value is -2.61. The molecule has 1 heterocycles. The van der Waals surface area contributed by atoms with E-state index in [2.05, 4.69) is 32.1 Å². The molecule has 0 radical (unpaired) electrons. The molecule has 0 fully saturated rings. The molecule has 8 heteroatoms. The fraction of sp³-hybridized carbons (Fsp3) is 0.368. The summed E-state index contributed by atoms with van der Waals surface area (Å²) < 4.78 is 40.7. The van der Waals surface area contributed by atoms with Gasteiger partial charge in [-0.2, -0.15) is 13.2 Å². The molecule has 0 saturated carbocycles. The molecule has 0 saturated heterocycles. The molecule has 1 aromatic carbocycles. The van der Waals surface area contributed by atoms with Crippen LogP contribution in [0.4, 0.5) is 13.2 Å². The highest BCUT2D eigenvalue weighted by molar-refractivity contribution is 5.93. The lowest BCUT2D eigenvalue weighted by atomic mass is 10.2. The van der Waals surface area contributed by atoms with Gasteiger partial charge in [-0.05, 0) is 31.6 Å². The number of nitrogens with zero attached hydrogens (tertiary/aromatic N) is 2. The number of amides is 1. The van der Waals surface area contributed by atoms with E-state index in [1.54, 1.807) is 0 Å². The smallest absolute Gasteiger partial charge is 0.422 e. The van der Waals surface area contributed by atoms with Gasteiger partial charge < -0.3 is 15.0 Å². The molecule has 0 aliphatic heterocycles. The van der Waals surface area contributed by atoms with E-state index in [0.29, 0.717) is 6.54 Å².